The quantitative estimate of drug-likeness (QED) is 0.508. The summed E-state index contributed by atoms with van der Waals surface area (Å²) in [5, 5.41) is 19.5. The average Bonchev–Trinajstić information content (AvgIpc) is 2.38. The molecule has 0 spiro atoms. The summed E-state index contributed by atoms with van der Waals surface area (Å²) < 4.78 is 0. The van der Waals surface area contributed by atoms with Crippen molar-refractivity contribution < 1.29 is 9.72 Å². The van der Waals surface area contributed by atoms with E-state index in [2.05, 4.69) is 25.9 Å². The normalized spacial score (nSPS) is 11.6. The van der Waals surface area contributed by atoms with E-state index in [1.54, 1.807) is 13.8 Å². The highest BCUT2D eigenvalue weighted by molar-refractivity contribution is 5.84. The van der Waals surface area contributed by atoms with Crippen LogP contribution < -0.4 is 16.0 Å². The molecular formula is C12H20N6O3. The van der Waals surface area contributed by atoms with Crippen molar-refractivity contribution in [2.24, 2.45) is 0 Å². The highest BCUT2D eigenvalue weighted by atomic mass is 16.6. The van der Waals surface area contributed by atoms with Crippen molar-refractivity contribution in [3.8, 4) is 0 Å². The Kier molecular flexibility index (Phi) is 5.82. The van der Waals surface area contributed by atoms with Gasteiger partial charge in [0.2, 0.25) is 17.7 Å². The fraction of sp³-hybridized carbons (Fsp3) is 0.583. The van der Waals surface area contributed by atoms with Crippen LogP contribution in [-0.4, -0.2) is 39.9 Å². The maximum atomic E-state index is 11.7. The van der Waals surface area contributed by atoms with Crippen molar-refractivity contribution in [3.63, 3.8) is 0 Å². The molecule has 0 aliphatic rings. The van der Waals surface area contributed by atoms with E-state index in [1.807, 2.05) is 6.92 Å². The number of nitro groups is 1. The van der Waals surface area contributed by atoms with E-state index < -0.39 is 11.0 Å². The van der Waals surface area contributed by atoms with Gasteiger partial charge >= 0.3 is 5.69 Å². The molecule has 1 rings (SSSR count). The molecule has 0 radical (unpaired) electrons. The van der Waals surface area contributed by atoms with Gasteiger partial charge in [-0.3, -0.25) is 14.9 Å². The van der Waals surface area contributed by atoms with Crippen molar-refractivity contribution in [2.45, 2.75) is 33.7 Å². The van der Waals surface area contributed by atoms with Crippen LogP contribution in [0.2, 0.25) is 0 Å². The van der Waals surface area contributed by atoms with Gasteiger partial charge in [0.05, 0.1) is 4.92 Å². The van der Waals surface area contributed by atoms with Gasteiger partial charge < -0.3 is 16.0 Å². The number of anilines is 2. The van der Waals surface area contributed by atoms with E-state index in [0.29, 0.717) is 13.1 Å². The van der Waals surface area contributed by atoms with E-state index >= 15 is 0 Å². The molecule has 1 heterocycles. The lowest BCUT2D eigenvalue weighted by molar-refractivity contribution is -0.385. The second-order valence-corrected chi connectivity index (χ2v) is 4.38. The molecule has 1 aromatic rings. The van der Waals surface area contributed by atoms with Crippen LogP contribution in [0.1, 0.15) is 26.5 Å². The summed E-state index contributed by atoms with van der Waals surface area (Å²) in [6.07, 6.45) is 0. The van der Waals surface area contributed by atoms with E-state index in [-0.39, 0.29) is 29.1 Å². The standard InChI is InChI=1S/C12H20N6O3/c1-5-13-11(19)8(4)15-10-9(18(20)21)7(3)16-12(17-10)14-6-2/h8H,5-6H2,1-4H3,(H,13,19)(H2,14,15,16,17). The van der Waals surface area contributed by atoms with Crippen LogP contribution in [0.5, 0.6) is 0 Å². The molecule has 116 valence electrons. The van der Waals surface area contributed by atoms with Crippen LogP contribution in [0, 0.1) is 17.0 Å². The number of aromatic nitrogens is 2. The van der Waals surface area contributed by atoms with Crippen molar-refractivity contribution in [2.75, 3.05) is 23.7 Å². The molecule has 0 saturated heterocycles. The van der Waals surface area contributed by atoms with E-state index in [0.717, 1.165) is 0 Å². The summed E-state index contributed by atoms with van der Waals surface area (Å²) in [4.78, 5) is 30.4. The van der Waals surface area contributed by atoms with Crippen LogP contribution in [0.15, 0.2) is 0 Å². The Balaban J connectivity index is 3.12. The van der Waals surface area contributed by atoms with Crippen molar-refractivity contribution in [1.82, 2.24) is 15.3 Å². The summed E-state index contributed by atoms with van der Waals surface area (Å²) in [5.74, 6) is 0.0569. The molecule has 1 amide bonds. The molecule has 3 N–H and O–H groups in total. The minimum atomic E-state index is -0.646. The monoisotopic (exact) mass is 296 g/mol. The fourth-order valence-electron chi connectivity index (χ4n) is 1.72. The van der Waals surface area contributed by atoms with Crippen LogP contribution in [0.4, 0.5) is 17.5 Å². The number of rotatable bonds is 7. The van der Waals surface area contributed by atoms with Gasteiger partial charge in [-0.05, 0) is 27.7 Å². The number of carbonyl (C=O) groups excluding carboxylic acids is 1. The maximum absolute atomic E-state index is 11.7. The van der Waals surface area contributed by atoms with Gasteiger partial charge in [-0.15, -0.1) is 0 Å². The minimum absolute atomic E-state index is 0.0298. The molecule has 1 atom stereocenters. The highest BCUT2D eigenvalue weighted by Gasteiger charge is 2.24. The number of nitrogens with zero attached hydrogens (tertiary/aromatic N) is 3. The predicted octanol–water partition coefficient (Wildman–Crippen LogP) is 1.06. The Hall–Kier alpha value is -2.45. The first-order chi connectivity index (χ1) is 9.90. The summed E-state index contributed by atoms with van der Waals surface area (Å²) in [7, 11) is 0. The number of likely N-dealkylation sites (N-methyl/N-ethyl adjacent to an activating group) is 1. The Morgan fingerprint density at radius 2 is 2.00 bits per heavy atom. The number of hydrogen-bond donors (Lipinski definition) is 3. The van der Waals surface area contributed by atoms with Crippen LogP contribution in [0.3, 0.4) is 0 Å². The van der Waals surface area contributed by atoms with Gasteiger partial charge in [0.1, 0.15) is 11.7 Å². The Labute approximate surface area is 122 Å². The van der Waals surface area contributed by atoms with E-state index in [4.69, 9.17) is 0 Å². The van der Waals surface area contributed by atoms with E-state index in [1.165, 1.54) is 6.92 Å². The fourth-order valence-corrected chi connectivity index (χ4v) is 1.72. The molecule has 1 unspecified atom stereocenters. The Bertz CT molecular complexity index is 534. The highest BCUT2D eigenvalue weighted by Crippen LogP contribution is 2.27. The van der Waals surface area contributed by atoms with Crippen LogP contribution >= 0.6 is 0 Å². The van der Waals surface area contributed by atoms with Gasteiger partial charge in [0, 0.05) is 13.1 Å². The first kappa shape index (κ1) is 16.6. The maximum Gasteiger partial charge on any atom is 0.332 e. The molecule has 0 saturated carbocycles. The molecular weight excluding hydrogens is 276 g/mol. The zero-order chi connectivity index (χ0) is 16.0. The van der Waals surface area contributed by atoms with Gasteiger partial charge in [0.25, 0.3) is 0 Å². The zero-order valence-corrected chi connectivity index (χ0v) is 12.6. The number of hydrogen-bond acceptors (Lipinski definition) is 7. The summed E-state index contributed by atoms with van der Waals surface area (Å²) in [5.41, 5.74) is 0.00403. The van der Waals surface area contributed by atoms with Gasteiger partial charge in [-0.2, -0.15) is 4.98 Å². The van der Waals surface area contributed by atoms with Crippen molar-refractivity contribution >= 4 is 23.4 Å². The minimum Gasteiger partial charge on any atom is -0.355 e. The molecule has 1 aromatic heterocycles. The molecule has 9 nitrogen and oxygen atoms in total. The largest absolute Gasteiger partial charge is 0.355 e. The lowest BCUT2D eigenvalue weighted by Gasteiger charge is -2.15. The summed E-state index contributed by atoms with van der Waals surface area (Å²) in [6, 6.07) is -0.646. The summed E-state index contributed by atoms with van der Waals surface area (Å²) >= 11 is 0. The van der Waals surface area contributed by atoms with Gasteiger partial charge in [-0.1, -0.05) is 0 Å². The molecule has 0 aliphatic carbocycles. The predicted molar refractivity (Wildman–Crippen MR) is 79.4 cm³/mol. The second-order valence-electron chi connectivity index (χ2n) is 4.38. The van der Waals surface area contributed by atoms with E-state index in [9.17, 15) is 14.9 Å². The third kappa shape index (κ3) is 4.26. The number of nitrogens with one attached hydrogen (secondary N) is 3. The van der Waals surface area contributed by atoms with Gasteiger partial charge in [-0.25, -0.2) is 4.98 Å². The number of carbonyl (C=O) groups is 1. The van der Waals surface area contributed by atoms with Gasteiger partial charge in [0.15, 0.2) is 0 Å². The lowest BCUT2D eigenvalue weighted by atomic mass is 10.3. The molecule has 0 fully saturated rings. The summed E-state index contributed by atoms with van der Waals surface area (Å²) in [6.45, 7) is 7.87. The first-order valence-electron chi connectivity index (χ1n) is 6.71. The first-order valence-corrected chi connectivity index (χ1v) is 6.71. The Morgan fingerprint density at radius 3 is 2.52 bits per heavy atom. The topological polar surface area (TPSA) is 122 Å². The number of aryl methyl sites for hydroxylation is 1. The smallest absolute Gasteiger partial charge is 0.332 e. The van der Waals surface area contributed by atoms with Crippen LogP contribution in [-0.2, 0) is 4.79 Å². The lowest BCUT2D eigenvalue weighted by Crippen LogP contribution is -2.37. The molecule has 21 heavy (non-hydrogen) atoms. The van der Waals surface area contributed by atoms with Crippen molar-refractivity contribution in [1.29, 1.82) is 0 Å². The third-order valence-electron chi connectivity index (χ3n) is 2.67. The molecule has 0 aromatic carbocycles. The third-order valence-corrected chi connectivity index (χ3v) is 2.67. The molecule has 9 heteroatoms. The molecule has 0 bridgehead atoms. The van der Waals surface area contributed by atoms with Crippen molar-refractivity contribution in [3.05, 3.63) is 15.8 Å². The zero-order valence-electron chi connectivity index (χ0n) is 12.6. The number of amides is 1. The molecule has 0 aliphatic heterocycles. The SMILES string of the molecule is CCNC(=O)C(C)Nc1nc(NCC)nc(C)c1[N+](=O)[O-]. The average molecular weight is 296 g/mol. The van der Waals surface area contributed by atoms with Crippen LogP contribution in [0.25, 0.3) is 0 Å². The Morgan fingerprint density at radius 1 is 1.33 bits per heavy atom. The second kappa shape index (κ2) is 7.36.